The molecule has 0 saturated carbocycles. The number of nitrogens with zero attached hydrogens (tertiary/aromatic N) is 1. The number of sulfonamides is 2. The van der Waals surface area contributed by atoms with Crippen molar-refractivity contribution >= 4 is 49.1 Å². The number of ether oxygens (including phenoxy) is 1. The molecular formula is C18H16ClF4N3O7S2. The zero-order valence-electron chi connectivity index (χ0n) is 17.2. The Bertz CT molecular complexity index is 1350. The van der Waals surface area contributed by atoms with E-state index in [4.69, 9.17) is 21.4 Å². The van der Waals surface area contributed by atoms with Crippen LogP contribution in [-0.2, 0) is 20.0 Å². The molecule has 2 aromatic rings. The second-order valence-electron chi connectivity index (χ2n) is 7.19. The Labute approximate surface area is 201 Å². The summed E-state index contributed by atoms with van der Waals surface area (Å²) in [5, 5.41) is 10.5. The first kappa shape index (κ1) is 26.8. The highest BCUT2D eigenvalue weighted by Gasteiger charge is 2.38. The zero-order chi connectivity index (χ0) is 26.2. The number of alkyl halides is 3. The summed E-state index contributed by atoms with van der Waals surface area (Å²) in [5.41, 5.74) is -0.201. The maximum absolute atomic E-state index is 13.6. The molecule has 0 fully saturated rings. The van der Waals surface area contributed by atoms with Crippen molar-refractivity contribution in [3.05, 3.63) is 47.2 Å². The third kappa shape index (κ3) is 6.65. The molecule has 1 atom stereocenters. The quantitative estimate of drug-likeness (QED) is 0.441. The fourth-order valence-corrected chi connectivity index (χ4v) is 5.84. The first-order valence-electron chi connectivity index (χ1n) is 9.40. The molecule has 17 heteroatoms. The van der Waals surface area contributed by atoms with Crippen LogP contribution in [0, 0.1) is 5.82 Å². The van der Waals surface area contributed by atoms with E-state index in [1.807, 2.05) is 5.32 Å². The second kappa shape index (κ2) is 9.67. The fraction of sp³-hybridized carbons (Fsp3) is 0.278. The Morgan fingerprint density at radius 1 is 1.17 bits per heavy atom. The molecule has 0 bridgehead atoms. The van der Waals surface area contributed by atoms with Crippen LogP contribution in [0.2, 0.25) is 5.02 Å². The minimum absolute atomic E-state index is 0.0403. The molecule has 1 unspecified atom stereocenters. The molecule has 35 heavy (non-hydrogen) atoms. The lowest BCUT2D eigenvalue weighted by atomic mass is 10.2. The summed E-state index contributed by atoms with van der Waals surface area (Å²) < 4.78 is 109. The Kier molecular flexibility index (Phi) is 7.40. The van der Waals surface area contributed by atoms with Crippen LogP contribution in [0.15, 0.2) is 41.3 Å². The number of fused-ring (bicyclic) bond motifs is 1. The predicted molar refractivity (Wildman–Crippen MR) is 116 cm³/mol. The lowest BCUT2D eigenvalue weighted by molar-refractivity contribution is -0.106. The van der Waals surface area contributed by atoms with Crippen LogP contribution < -0.4 is 19.1 Å². The van der Waals surface area contributed by atoms with Gasteiger partial charge in [-0.2, -0.15) is 13.2 Å². The van der Waals surface area contributed by atoms with Gasteiger partial charge in [0.05, 0.1) is 22.2 Å². The predicted octanol–water partition coefficient (Wildman–Crippen LogP) is 3.01. The van der Waals surface area contributed by atoms with E-state index in [-0.39, 0.29) is 17.1 Å². The van der Waals surface area contributed by atoms with Crippen molar-refractivity contribution < 1.29 is 49.0 Å². The van der Waals surface area contributed by atoms with E-state index in [1.165, 1.54) is 12.1 Å². The van der Waals surface area contributed by atoms with Gasteiger partial charge in [0.2, 0.25) is 10.0 Å². The van der Waals surface area contributed by atoms with Gasteiger partial charge in [-0.25, -0.2) is 30.7 Å². The molecule has 3 N–H and O–H groups in total. The molecule has 1 amide bonds. The van der Waals surface area contributed by atoms with Gasteiger partial charge in [-0.3, -0.25) is 9.62 Å². The number of rotatable bonds is 7. The van der Waals surface area contributed by atoms with E-state index in [0.29, 0.717) is 0 Å². The Hall–Kier alpha value is -2.82. The number of amides is 1. The van der Waals surface area contributed by atoms with Gasteiger partial charge in [-0.1, -0.05) is 11.6 Å². The zero-order valence-corrected chi connectivity index (χ0v) is 19.6. The largest absolute Gasteiger partial charge is 0.485 e. The van der Waals surface area contributed by atoms with Crippen molar-refractivity contribution in [2.75, 3.05) is 28.5 Å². The molecule has 1 aliphatic heterocycles. The van der Waals surface area contributed by atoms with Crippen LogP contribution in [0.5, 0.6) is 5.75 Å². The first-order chi connectivity index (χ1) is 16.1. The van der Waals surface area contributed by atoms with Crippen molar-refractivity contribution in [3.63, 3.8) is 0 Å². The van der Waals surface area contributed by atoms with E-state index in [2.05, 4.69) is 0 Å². The van der Waals surface area contributed by atoms with Crippen LogP contribution in [0.1, 0.15) is 0 Å². The van der Waals surface area contributed by atoms with E-state index in [0.717, 1.165) is 28.6 Å². The molecule has 3 rings (SSSR count). The van der Waals surface area contributed by atoms with Crippen LogP contribution in [0.4, 0.5) is 33.7 Å². The lowest BCUT2D eigenvalue weighted by Crippen LogP contribution is -2.49. The van der Waals surface area contributed by atoms with Crippen molar-refractivity contribution in [2.24, 2.45) is 0 Å². The normalized spacial score (nSPS) is 16.4. The third-order valence-corrected chi connectivity index (χ3v) is 7.88. The molecule has 1 heterocycles. The molecule has 0 saturated heterocycles. The average Bonchev–Trinajstić information content (AvgIpc) is 2.71. The summed E-state index contributed by atoms with van der Waals surface area (Å²) in [5.74, 6) is -3.18. The Morgan fingerprint density at radius 2 is 1.86 bits per heavy atom. The highest BCUT2D eigenvalue weighted by molar-refractivity contribution is 7.92. The van der Waals surface area contributed by atoms with Crippen LogP contribution >= 0.6 is 11.6 Å². The van der Waals surface area contributed by atoms with Gasteiger partial charge in [0.15, 0.2) is 5.75 Å². The van der Waals surface area contributed by atoms with E-state index >= 15 is 0 Å². The summed E-state index contributed by atoms with van der Waals surface area (Å²) in [4.78, 5) is 10.5. The minimum Gasteiger partial charge on any atom is -0.485 e. The van der Waals surface area contributed by atoms with Crippen LogP contribution in [0.3, 0.4) is 0 Å². The molecule has 2 aromatic carbocycles. The number of nitrogens with one attached hydrogen (secondary N) is 2. The number of halogens is 5. The van der Waals surface area contributed by atoms with Crippen LogP contribution in [0.25, 0.3) is 0 Å². The van der Waals surface area contributed by atoms with E-state index < -0.39 is 73.0 Å². The maximum Gasteiger partial charge on any atom is 0.409 e. The third-order valence-electron chi connectivity index (χ3n) is 4.51. The van der Waals surface area contributed by atoms with Crippen molar-refractivity contribution in [2.45, 2.75) is 17.2 Å². The highest BCUT2D eigenvalue weighted by Crippen LogP contribution is 2.39. The highest BCUT2D eigenvalue weighted by atomic mass is 35.5. The molecule has 0 aromatic heterocycles. The number of hydrogen-bond acceptors (Lipinski definition) is 6. The lowest BCUT2D eigenvalue weighted by Gasteiger charge is -2.35. The monoisotopic (exact) mass is 561 g/mol. The Balaban J connectivity index is 1.98. The van der Waals surface area contributed by atoms with E-state index in [9.17, 15) is 39.2 Å². The number of benzene rings is 2. The molecule has 0 spiro atoms. The number of carboxylic acid groups (broad SMARTS) is 1. The second-order valence-corrected chi connectivity index (χ2v) is 11.3. The van der Waals surface area contributed by atoms with Gasteiger partial charge >= 0.3 is 12.3 Å². The van der Waals surface area contributed by atoms with Crippen LogP contribution in [-0.4, -0.2) is 59.2 Å². The first-order valence-corrected chi connectivity index (χ1v) is 12.9. The standard InChI is InChI=1S/C18H16ClF4N3O7S2/c19-13-6-12(2-3-14(13)20)35(31,32)26-8-11(7-24-34(29,30)9-18(21,22)23)33-16-4-1-10(5-15(16)26)25-17(27)28/h1-6,11,24-25H,7-9H2,(H,27,28). The average molecular weight is 562 g/mol. The van der Waals surface area contributed by atoms with Gasteiger partial charge in [-0.15, -0.1) is 0 Å². The van der Waals surface area contributed by atoms with Crippen molar-refractivity contribution in [1.29, 1.82) is 0 Å². The van der Waals surface area contributed by atoms with Gasteiger partial charge in [0.25, 0.3) is 10.0 Å². The number of anilines is 2. The minimum atomic E-state index is -5.00. The van der Waals surface area contributed by atoms with Gasteiger partial charge < -0.3 is 9.84 Å². The van der Waals surface area contributed by atoms with E-state index in [1.54, 1.807) is 4.72 Å². The van der Waals surface area contributed by atoms with Gasteiger partial charge in [0, 0.05) is 12.2 Å². The SMILES string of the molecule is O=C(O)Nc1ccc2c(c1)N(S(=O)(=O)c1ccc(F)c(Cl)c1)CC(CNS(=O)(=O)CC(F)(F)F)O2. The molecule has 10 nitrogen and oxygen atoms in total. The molecule has 192 valence electrons. The summed E-state index contributed by atoms with van der Waals surface area (Å²) in [6, 6.07) is 6.10. The molecule has 0 radical (unpaired) electrons. The van der Waals surface area contributed by atoms with Crippen molar-refractivity contribution in [1.82, 2.24) is 4.72 Å². The molecule has 1 aliphatic rings. The topological polar surface area (TPSA) is 142 Å². The molecule has 0 aliphatic carbocycles. The van der Waals surface area contributed by atoms with Gasteiger partial charge in [-0.05, 0) is 36.4 Å². The summed E-state index contributed by atoms with van der Waals surface area (Å²) in [6.07, 6.45) is -7.73. The Morgan fingerprint density at radius 3 is 2.46 bits per heavy atom. The molecular weight excluding hydrogens is 546 g/mol. The number of carbonyl (C=O) groups is 1. The fourth-order valence-electron chi connectivity index (χ4n) is 3.10. The number of hydrogen-bond donors (Lipinski definition) is 3. The smallest absolute Gasteiger partial charge is 0.409 e. The van der Waals surface area contributed by atoms with Gasteiger partial charge in [0.1, 0.15) is 17.7 Å². The summed E-state index contributed by atoms with van der Waals surface area (Å²) in [7, 11) is -9.31. The summed E-state index contributed by atoms with van der Waals surface area (Å²) in [6.45, 7) is -1.31. The summed E-state index contributed by atoms with van der Waals surface area (Å²) >= 11 is 5.70. The van der Waals surface area contributed by atoms with Crippen molar-refractivity contribution in [3.8, 4) is 5.75 Å². The maximum atomic E-state index is 13.6.